The number of halogens is 1. The lowest BCUT2D eigenvalue weighted by atomic mass is 9.95. The largest absolute Gasteiger partial charge is 0.242 e. The summed E-state index contributed by atoms with van der Waals surface area (Å²) in [5.74, 6) is 0. The lowest BCUT2D eigenvalue weighted by molar-refractivity contribution is 0.561. The Hall–Kier alpha value is -1.11. The molecule has 0 amide bonds. The number of nitrogens with zero attached hydrogens (tertiary/aromatic N) is 1. The molecule has 0 radical (unpaired) electrons. The molecule has 1 aromatic rings. The molecule has 13 heavy (non-hydrogen) atoms. The Balaban J connectivity index is 3.21. The van der Waals surface area contributed by atoms with Gasteiger partial charge in [0, 0.05) is 5.02 Å². The topological polar surface area (TPSA) is 36.2 Å². The van der Waals surface area contributed by atoms with E-state index in [0.29, 0.717) is 5.02 Å². The van der Waals surface area contributed by atoms with Crippen molar-refractivity contribution in [1.82, 2.24) is 0 Å². The summed E-state index contributed by atoms with van der Waals surface area (Å²) in [6.07, 6.45) is 0. The van der Waals surface area contributed by atoms with Crippen molar-refractivity contribution >= 4 is 17.6 Å². The van der Waals surface area contributed by atoms with Crippen LogP contribution in [0, 0.1) is 5.41 Å². The van der Waals surface area contributed by atoms with E-state index in [1.165, 1.54) is 0 Å². The Morgan fingerprint density at radius 3 is 2.54 bits per heavy atom. The quantitative estimate of drug-likeness (QED) is 0.702. The van der Waals surface area contributed by atoms with Crippen LogP contribution < -0.4 is 0 Å². The van der Waals surface area contributed by atoms with Crippen LogP contribution in [0.5, 0.6) is 0 Å². The van der Waals surface area contributed by atoms with Gasteiger partial charge in [-0.3, -0.25) is 0 Å². The van der Waals surface area contributed by atoms with Crippen LogP contribution in [-0.2, 0) is 5.54 Å². The molecule has 0 aliphatic heterocycles. The fourth-order valence-electron chi connectivity index (χ4n) is 1.16. The molecule has 0 spiro atoms. The van der Waals surface area contributed by atoms with Crippen LogP contribution in [-0.4, -0.2) is 6.01 Å². The zero-order valence-corrected chi connectivity index (χ0v) is 8.39. The van der Waals surface area contributed by atoms with E-state index in [0.717, 1.165) is 5.56 Å². The first kappa shape index (κ1) is 9.97. The van der Waals surface area contributed by atoms with Gasteiger partial charge in [0.1, 0.15) is 0 Å². The van der Waals surface area contributed by atoms with Crippen LogP contribution in [0.2, 0.25) is 5.02 Å². The predicted molar refractivity (Wildman–Crippen MR) is 54.6 cm³/mol. The third-order valence-corrected chi connectivity index (χ3v) is 2.20. The van der Waals surface area contributed by atoms with Crippen LogP contribution in [0.4, 0.5) is 0 Å². The lowest BCUT2D eigenvalue weighted by Gasteiger charge is -2.19. The number of rotatable bonds is 2. The average Bonchev–Trinajstić information content (AvgIpc) is 2.04. The molecule has 1 N–H and O–H groups in total. The molecule has 0 unspecified atom stereocenters. The van der Waals surface area contributed by atoms with Crippen LogP contribution >= 0.6 is 11.6 Å². The van der Waals surface area contributed by atoms with Crippen molar-refractivity contribution in [2.75, 3.05) is 0 Å². The zero-order chi connectivity index (χ0) is 9.90. The molecule has 2 nitrogen and oxygen atoms in total. The van der Waals surface area contributed by atoms with Crippen molar-refractivity contribution in [2.45, 2.75) is 19.4 Å². The maximum Gasteiger partial charge on any atom is 0.0924 e. The van der Waals surface area contributed by atoms with E-state index in [4.69, 9.17) is 17.0 Å². The Morgan fingerprint density at radius 1 is 1.38 bits per heavy atom. The second-order valence-electron chi connectivity index (χ2n) is 3.26. The van der Waals surface area contributed by atoms with Gasteiger partial charge >= 0.3 is 0 Å². The van der Waals surface area contributed by atoms with Gasteiger partial charge in [-0.15, -0.1) is 0 Å². The van der Waals surface area contributed by atoms with E-state index in [1.807, 2.05) is 38.1 Å². The van der Waals surface area contributed by atoms with E-state index in [9.17, 15) is 0 Å². The summed E-state index contributed by atoms with van der Waals surface area (Å²) in [5, 5.41) is 7.49. The van der Waals surface area contributed by atoms with Gasteiger partial charge in [-0.25, -0.2) is 10.4 Å². The van der Waals surface area contributed by atoms with Gasteiger partial charge in [0.2, 0.25) is 0 Å². The minimum absolute atomic E-state index is 0.472. The van der Waals surface area contributed by atoms with Crippen molar-refractivity contribution in [3.8, 4) is 0 Å². The molecule has 68 valence electrons. The number of benzene rings is 1. The maximum absolute atomic E-state index is 6.82. The van der Waals surface area contributed by atoms with Crippen LogP contribution in [0.3, 0.4) is 0 Å². The maximum atomic E-state index is 6.82. The smallest absolute Gasteiger partial charge is 0.0924 e. The summed E-state index contributed by atoms with van der Waals surface area (Å²) < 4.78 is 0. The molecule has 0 aromatic heterocycles. The Kier molecular flexibility index (Phi) is 2.86. The van der Waals surface area contributed by atoms with Crippen LogP contribution in [0.1, 0.15) is 19.4 Å². The van der Waals surface area contributed by atoms with Gasteiger partial charge < -0.3 is 0 Å². The molecule has 1 rings (SSSR count). The molecule has 0 heterocycles. The summed E-state index contributed by atoms with van der Waals surface area (Å²) >= 11 is 6.00. The third-order valence-electron chi connectivity index (χ3n) is 1.87. The molecule has 0 fully saturated rings. The lowest BCUT2D eigenvalue weighted by Crippen LogP contribution is -2.13. The van der Waals surface area contributed by atoms with Crippen molar-refractivity contribution in [1.29, 1.82) is 5.41 Å². The molecule has 0 saturated carbocycles. The molecular weight excluding hydrogens is 184 g/mol. The normalized spacial score (nSPS) is 10.7. The highest BCUT2D eigenvalue weighted by atomic mass is 35.5. The van der Waals surface area contributed by atoms with Crippen LogP contribution in [0.25, 0.3) is 0 Å². The molecule has 0 saturated heterocycles. The van der Waals surface area contributed by atoms with Crippen molar-refractivity contribution in [3.63, 3.8) is 0 Å². The number of hydrogen-bond acceptors (Lipinski definition) is 2. The monoisotopic (exact) mass is 194 g/mol. The second-order valence-corrected chi connectivity index (χ2v) is 3.67. The van der Waals surface area contributed by atoms with Gasteiger partial charge in [-0.05, 0) is 25.5 Å². The van der Waals surface area contributed by atoms with E-state index in [1.54, 1.807) is 0 Å². The Bertz CT molecular complexity index is 352. The molecule has 0 aliphatic rings. The number of nitrogens with one attached hydrogen (secondary N) is 1. The van der Waals surface area contributed by atoms with Crippen molar-refractivity contribution in [2.24, 2.45) is 4.99 Å². The standard InChI is InChI=1S/C10H11ClN2/c1-10(2,13-7-12)8-5-3-4-6-9(8)11/h3-6,12H,1-2H3. The molecule has 0 bridgehead atoms. The second kappa shape index (κ2) is 3.73. The highest BCUT2D eigenvalue weighted by Crippen LogP contribution is 2.30. The molecule has 1 aromatic carbocycles. The summed E-state index contributed by atoms with van der Waals surface area (Å²) in [5.41, 5.74) is 0.441. The summed E-state index contributed by atoms with van der Waals surface area (Å²) in [6.45, 7) is 3.80. The first-order valence-corrected chi connectivity index (χ1v) is 4.34. The zero-order valence-electron chi connectivity index (χ0n) is 7.63. The van der Waals surface area contributed by atoms with E-state index in [2.05, 4.69) is 11.0 Å². The molecular formula is C10H11ClN2. The number of hydrogen-bond donors (Lipinski definition) is 1. The van der Waals surface area contributed by atoms with Gasteiger partial charge in [0.25, 0.3) is 0 Å². The first-order chi connectivity index (χ1) is 6.08. The van der Waals surface area contributed by atoms with Gasteiger partial charge in [0.15, 0.2) is 0 Å². The average molecular weight is 195 g/mol. The third kappa shape index (κ3) is 2.18. The SMILES string of the molecule is CC(C)(N=C=N)c1ccccc1Cl. The fourth-order valence-corrected chi connectivity index (χ4v) is 1.52. The van der Waals surface area contributed by atoms with Gasteiger partial charge in [0.05, 0.1) is 11.5 Å². The van der Waals surface area contributed by atoms with E-state index < -0.39 is 5.54 Å². The Morgan fingerprint density at radius 2 is 2.00 bits per heavy atom. The molecule has 0 aliphatic carbocycles. The van der Waals surface area contributed by atoms with E-state index in [-0.39, 0.29) is 0 Å². The first-order valence-electron chi connectivity index (χ1n) is 3.96. The highest BCUT2D eigenvalue weighted by Gasteiger charge is 2.21. The minimum atomic E-state index is -0.472. The molecule has 0 atom stereocenters. The molecule has 3 heteroatoms. The van der Waals surface area contributed by atoms with Crippen LogP contribution in [0.15, 0.2) is 29.3 Å². The fraction of sp³-hybridized carbons (Fsp3) is 0.300. The minimum Gasteiger partial charge on any atom is -0.242 e. The van der Waals surface area contributed by atoms with Crippen molar-refractivity contribution < 1.29 is 0 Å². The number of aliphatic imine (C=N–C) groups is 1. The highest BCUT2D eigenvalue weighted by molar-refractivity contribution is 6.31. The van der Waals surface area contributed by atoms with Gasteiger partial charge in [-0.1, -0.05) is 29.8 Å². The Labute approximate surface area is 82.8 Å². The van der Waals surface area contributed by atoms with E-state index >= 15 is 0 Å². The van der Waals surface area contributed by atoms with Gasteiger partial charge in [-0.2, -0.15) is 0 Å². The van der Waals surface area contributed by atoms with Crippen molar-refractivity contribution in [3.05, 3.63) is 34.9 Å². The predicted octanol–water partition coefficient (Wildman–Crippen LogP) is 3.33. The summed E-state index contributed by atoms with van der Waals surface area (Å²) in [7, 11) is 0. The summed E-state index contributed by atoms with van der Waals surface area (Å²) in [4.78, 5) is 3.92. The summed E-state index contributed by atoms with van der Waals surface area (Å²) in [6, 6.07) is 9.55.